The molecule has 3 N–H and O–H groups in total. The Morgan fingerprint density at radius 2 is 1.25 bits per heavy atom. The van der Waals surface area contributed by atoms with Crippen molar-refractivity contribution in [1.82, 2.24) is 5.32 Å². The molecule has 1 atom stereocenters. The summed E-state index contributed by atoms with van der Waals surface area (Å²) in [6.45, 7) is 4.24. The molecular formula is C18H38N2. The fourth-order valence-corrected chi connectivity index (χ4v) is 2.41. The summed E-state index contributed by atoms with van der Waals surface area (Å²) in [6.07, 6.45) is 22.4. The smallest absolute Gasteiger partial charge is 0.0709 e. The Balaban J connectivity index is 3.01. The van der Waals surface area contributed by atoms with E-state index in [4.69, 9.17) is 5.73 Å². The molecule has 2 heteroatoms. The Kier molecular flexibility index (Phi) is 16.1. The fraction of sp³-hybridized carbons (Fsp3) is 0.889. The van der Waals surface area contributed by atoms with E-state index in [-0.39, 0.29) is 6.17 Å². The maximum absolute atomic E-state index is 5.58. The first-order valence-corrected chi connectivity index (χ1v) is 8.94. The van der Waals surface area contributed by atoms with E-state index in [9.17, 15) is 0 Å². The molecule has 0 aliphatic rings. The number of nitrogens with two attached hydrogens (primary N) is 1. The molecule has 120 valence electrons. The maximum Gasteiger partial charge on any atom is 0.0709 e. The van der Waals surface area contributed by atoms with Crippen LogP contribution < -0.4 is 11.1 Å². The van der Waals surface area contributed by atoms with Crippen molar-refractivity contribution < 1.29 is 0 Å². The van der Waals surface area contributed by atoms with Crippen molar-refractivity contribution >= 4 is 0 Å². The van der Waals surface area contributed by atoms with E-state index >= 15 is 0 Å². The lowest BCUT2D eigenvalue weighted by atomic mass is 10.0. The van der Waals surface area contributed by atoms with Gasteiger partial charge in [0.05, 0.1) is 6.17 Å². The summed E-state index contributed by atoms with van der Waals surface area (Å²) in [6, 6.07) is 0. The van der Waals surface area contributed by atoms with E-state index in [1.165, 1.54) is 83.5 Å². The highest BCUT2D eigenvalue weighted by atomic mass is 15.0. The minimum Gasteiger partial charge on any atom is -0.376 e. The molecule has 0 bridgehead atoms. The van der Waals surface area contributed by atoms with Gasteiger partial charge in [-0.05, 0) is 26.0 Å². The van der Waals surface area contributed by atoms with Crippen LogP contribution in [0.2, 0.25) is 0 Å². The van der Waals surface area contributed by atoms with Crippen LogP contribution in [0.1, 0.15) is 97.3 Å². The van der Waals surface area contributed by atoms with E-state index in [0.717, 1.165) is 0 Å². The Labute approximate surface area is 127 Å². The van der Waals surface area contributed by atoms with Crippen molar-refractivity contribution in [3.8, 4) is 0 Å². The SMILES string of the molecule is CCCCCCCCCCCCCCC=CNC(C)N. The first kappa shape index (κ1) is 19.5. The van der Waals surface area contributed by atoms with Crippen LogP contribution in [-0.2, 0) is 0 Å². The largest absolute Gasteiger partial charge is 0.376 e. The normalized spacial score (nSPS) is 12.9. The average molecular weight is 283 g/mol. The van der Waals surface area contributed by atoms with Gasteiger partial charge in [0.1, 0.15) is 0 Å². The molecule has 20 heavy (non-hydrogen) atoms. The number of allylic oxidation sites excluding steroid dienone is 1. The molecule has 0 aromatic heterocycles. The van der Waals surface area contributed by atoms with Gasteiger partial charge in [0.25, 0.3) is 0 Å². The molecule has 0 spiro atoms. The van der Waals surface area contributed by atoms with E-state index in [1.807, 2.05) is 13.1 Å². The van der Waals surface area contributed by atoms with Crippen molar-refractivity contribution in [2.24, 2.45) is 5.73 Å². The van der Waals surface area contributed by atoms with Crippen LogP contribution >= 0.6 is 0 Å². The summed E-state index contributed by atoms with van der Waals surface area (Å²) in [5.41, 5.74) is 5.58. The van der Waals surface area contributed by atoms with Crippen molar-refractivity contribution in [2.45, 2.75) is 103 Å². The van der Waals surface area contributed by atoms with Crippen LogP contribution in [-0.4, -0.2) is 6.17 Å². The molecule has 2 nitrogen and oxygen atoms in total. The summed E-state index contributed by atoms with van der Waals surface area (Å²) in [5, 5.41) is 3.09. The second-order valence-corrected chi connectivity index (χ2v) is 6.04. The van der Waals surface area contributed by atoms with Gasteiger partial charge >= 0.3 is 0 Å². The molecule has 0 radical (unpaired) electrons. The van der Waals surface area contributed by atoms with Gasteiger partial charge in [-0.2, -0.15) is 0 Å². The third-order valence-electron chi connectivity index (χ3n) is 3.70. The number of hydrogen-bond acceptors (Lipinski definition) is 2. The second-order valence-electron chi connectivity index (χ2n) is 6.04. The minimum atomic E-state index is 0.0632. The predicted molar refractivity (Wildman–Crippen MR) is 91.6 cm³/mol. The number of rotatable bonds is 15. The maximum atomic E-state index is 5.58. The molecule has 0 rings (SSSR count). The van der Waals surface area contributed by atoms with Gasteiger partial charge in [0.15, 0.2) is 0 Å². The first-order chi connectivity index (χ1) is 9.77. The lowest BCUT2D eigenvalue weighted by molar-refractivity contribution is 0.544. The predicted octanol–water partition coefficient (Wildman–Crippen LogP) is 5.49. The number of unbranched alkanes of at least 4 members (excludes halogenated alkanes) is 12. The summed E-state index contributed by atoms with van der Waals surface area (Å²) in [5.74, 6) is 0. The lowest BCUT2D eigenvalue weighted by Gasteiger charge is -2.03. The van der Waals surface area contributed by atoms with Crippen molar-refractivity contribution in [2.75, 3.05) is 0 Å². The summed E-state index contributed by atoms with van der Waals surface area (Å²) >= 11 is 0. The highest BCUT2D eigenvalue weighted by molar-refractivity contribution is 4.80. The molecular weight excluding hydrogens is 244 g/mol. The Bertz CT molecular complexity index is 200. The van der Waals surface area contributed by atoms with Crippen LogP contribution in [0.3, 0.4) is 0 Å². The molecule has 0 saturated carbocycles. The summed E-state index contributed by atoms with van der Waals surface area (Å²) < 4.78 is 0. The van der Waals surface area contributed by atoms with Gasteiger partial charge in [0.2, 0.25) is 0 Å². The third-order valence-corrected chi connectivity index (χ3v) is 3.70. The Morgan fingerprint density at radius 1 is 0.800 bits per heavy atom. The number of nitrogens with one attached hydrogen (secondary N) is 1. The summed E-state index contributed by atoms with van der Waals surface area (Å²) in [7, 11) is 0. The fourth-order valence-electron chi connectivity index (χ4n) is 2.41. The highest BCUT2D eigenvalue weighted by Crippen LogP contribution is 2.12. The van der Waals surface area contributed by atoms with Gasteiger partial charge in [-0.3, -0.25) is 0 Å². The average Bonchev–Trinajstić information content (AvgIpc) is 2.43. The van der Waals surface area contributed by atoms with Crippen LogP contribution in [0.4, 0.5) is 0 Å². The molecule has 0 aliphatic carbocycles. The zero-order valence-corrected chi connectivity index (χ0v) is 14.0. The molecule has 0 fully saturated rings. The van der Waals surface area contributed by atoms with E-state index < -0.39 is 0 Å². The van der Waals surface area contributed by atoms with Crippen LogP contribution in [0.25, 0.3) is 0 Å². The first-order valence-electron chi connectivity index (χ1n) is 8.94. The molecule has 0 aliphatic heterocycles. The van der Waals surface area contributed by atoms with Crippen molar-refractivity contribution in [1.29, 1.82) is 0 Å². The van der Waals surface area contributed by atoms with Crippen LogP contribution in [0.5, 0.6) is 0 Å². The molecule has 0 amide bonds. The van der Waals surface area contributed by atoms with Gasteiger partial charge in [0, 0.05) is 0 Å². The van der Waals surface area contributed by atoms with Gasteiger partial charge in [-0.1, -0.05) is 83.6 Å². The zero-order chi connectivity index (χ0) is 14.9. The van der Waals surface area contributed by atoms with Gasteiger partial charge in [-0.25, -0.2) is 0 Å². The van der Waals surface area contributed by atoms with E-state index in [1.54, 1.807) is 0 Å². The number of hydrogen-bond donors (Lipinski definition) is 2. The van der Waals surface area contributed by atoms with E-state index in [2.05, 4.69) is 18.3 Å². The van der Waals surface area contributed by atoms with Gasteiger partial charge in [-0.15, -0.1) is 0 Å². The molecule has 1 unspecified atom stereocenters. The minimum absolute atomic E-state index is 0.0632. The topological polar surface area (TPSA) is 38.0 Å². The monoisotopic (exact) mass is 282 g/mol. The quantitative estimate of drug-likeness (QED) is 0.308. The van der Waals surface area contributed by atoms with Gasteiger partial charge < -0.3 is 11.1 Å². The van der Waals surface area contributed by atoms with Crippen molar-refractivity contribution in [3.63, 3.8) is 0 Å². The molecule has 0 aromatic carbocycles. The summed E-state index contributed by atoms with van der Waals surface area (Å²) in [4.78, 5) is 0. The zero-order valence-electron chi connectivity index (χ0n) is 14.0. The van der Waals surface area contributed by atoms with Crippen LogP contribution in [0, 0.1) is 0 Å². The lowest BCUT2D eigenvalue weighted by Crippen LogP contribution is -2.29. The Hall–Kier alpha value is -0.500. The molecule has 0 aromatic rings. The molecule has 0 saturated heterocycles. The van der Waals surface area contributed by atoms with Crippen LogP contribution in [0.15, 0.2) is 12.3 Å². The van der Waals surface area contributed by atoms with Crippen molar-refractivity contribution in [3.05, 3.63) is 12.3 Å². The molecule has 0 heterocycles. The highest BCUT2D eigenvalue weighted by Gasteiger charge is 1.93. The third kappa shape index (κ3) is 17.5. The standard InChI is InChI=1S/C18H38N2/c1-3-4-5-6-7-8-9-10-11-12-13-14-15-16-17-20-18(2)19/h16-18,20H,3-15,19H2,1-2H3. The van der Waals surface area contributed by atoms with E-state index in [0.29, 0.717) is 0 Å². The Morgan fingerprint density at radius 3 is 1.70 bits per heavy atom. The second kappa shape index (κ2) is 16.6.